The molecule has 1 heterocycles. The van der Waals surface area contributed by atoms with Gasteiger partial charge in [0.15, 0.2) is 0 Å². The van der Waals surface area contributed by atoms with Crippen LogP contribution < -0.4 is 11.3 Å². The van der Waals surface area contributed by atoms with Crippen molar-refractivity contribution in [2.75, 3.05) is 5.43 Å². The summed E-state index contributed by atoms with van der Waals surface area (Å²) in [4.78, 5) is 9.41. The lowest BCUT2D eigenvalue weighted by Crippen LogP contribution is -2.17. The summed E-state index contributed by atoms with van der Waals surface area (Å²) in [5.41, 5.74) is 6.51. The van der Waals surface area contributed by atoms with Gasteiger partial charge in [-0.25, -0.2) is 15.8 Å². The van der Waals surface area contributed by atoms with Gasteiger partial charge in [0.05, 0.1) is 0 Å². The minimum absolute atomic E-state index is 0.278. The molecule has 21 heavy (non-hydrogen) atoms. The van der Waals surface area contributed by atoms with Crippen LogP contribution in [0.15, 0.2) is 30.3 Å². The smallest absolute Gasteiger partial charge is 0.143 e. The Labute approximate surface area is 125 Å². The number of nitrogens with zero attached hydrogens (tertiary/aromatic N) is 2. The van der Waals surface area contributed by atoms with E-state index in [1.165, 1.54) is 17.5 Å². The molecule has 0 spiro atoms. The molecule has 4 heteroatoms. The Morgan fingerprint density at radius 2 is 2.05 bits per heavy atom. The number of nitrogens with one attached hydrogen (secondary N) is 1. The first-order valence-corrected chi connectivity index (χ1v) is 7.62. The zero-order valence-corrected chi connectivity index (χ0v) is 12.6. The summed E-state index contributed by atoms with van der Waals surface area (Å²) in [7, 11) is 0. The van der Waals surface area contributed by atoms with Crippen LogP contribution in [0.25, 0.3) is 0 Å². The Morgan fingerprint density at radius 1 is 1.24 bits per heavy atom. The molecule has 1 aliphatic rings. The van der Waals surface area contributed by atoms with E-state index >= 15 is 0 Å². The lowest BCUT2D eigenvalue weighted by atomic mass is 9.82. The summed E-state index contributed by atoms with van der Waals surface area (Å²) in [6.07, 6.45) is 3.43. The van der Waals surface area contributed by atoms with Gasteiger partial charge in [0, 0.05) is 17.7 Å². The molecule has 1 aliphatic carbocycles. The topological polar surface area (TPSA) is 63.8 Å². The Bertz CT molecular complexity index is 636. The maximum Gasteiger partial charge on any atom is 0.143 e. The third kappa shape index (κ3) is 2.76. The predicted octanol–water partition coefficient (Wildman–Crippen LogP) is 3.35. The number of benzene rings is 1. The van der Waals surface area contributed by atoms with Gasteiger partial charge in [-0.3, -0.25) is 0 Å². The average Bonchev–Trinajstić information content (AvgIpc) is 2.53. The van der Waals surface area contributed by atoms with Gasteiger partial charge in [-0.1, -0.05) is 38.1 Å². The summed E-state index contributed by atoms with van der Waals surface area (Å²) in [6.45, 7) is 4.28. The van der Waals surface area contributed by atoms with Crippen LogP contribution in [0.5, 0.6) is 0 Å². The van der Waals surface area contributed by atoms with Gasteiger partial charge in [-0.05, 0) is 36.3 Å². The monoisotopic (exact) mass is 282 g/mol. The quantitative estimate of drug-likeness (QED) is 0.669. The van der Waals surface area contributed by atoms with Gasteiger partial charge in [-0.2, -0.15) is 0 Å². The second-order valence-corrected chi connectivity index (χ2v) is 5.98. The average molecular weight is 282 g/mol. The molecule has 4 nitrogen and oxygen atoms in total. The van der Waals surface area contributed by atoms with Crippen LogP contribution in [-0.4, -0.2) is 9.97 Å². The minimum atomic E-state index is 0.278. The van der Waals surface area contributed by atoms with Crippen molar-refractivity contribution in [3.8, 4) is 0 Å². The fraction of sp³-hybridized carbons (Fsp3) is 0.412. The maximum atomic E-state index is 5.57. The molecular weight excluding hydrogens is 260 g/mol. The van der Waals surface area contributed by atoms with Crippen molar-refractivity contribution in [3.05, 3.63) is 53.0 Å². The number of nitrogen functional groups attached to an aromatic ring is 1. The third-order valence-electron chi connectivity index (χ3n) is 4.18. The van der Waals surface area contributed by atoms with E-state index in [2.05, 4.69) is 48.5 Å². The molecule has 1 aromatic heterocycles. The SMILES string of the molecule is CC(C)c1cc(NN)nc(C2CCCc3ccccc32)n1. The maximum absolute atomic E-state index is 5.57. The van der Waals surface area contributed by atoms with E-state index in [-0.39, 0.29) is 5.92 Å². The Hall–Kier alpha value is -1.94. The molecule has 3 rings (SSSR count). The van der Waals surface area contributed by atoms with Crippen LogP contribution in [0.1, 0.15) is 61.2 Å². The molecule has 0 bridgehead atoms. The number of aromatic nitrogens is 2. The number of nitrogens with two attached hydrogens (primary N) is 1. The molecular formula is C17H22N4. The van der Waals surface area contributed by atoms with Gasteiger partial charge in [0.2, 0.25) is 0 Å². The highest BCUT2D eigenvalue weighted by molar-refractivity contribution is 5.40. The normalized spacial score (nSPS) is 17.6. The van der Waals surface area contributed by atoms with Crippen molar-refractivity contribution in [1.82, 2.24) is 9.97 Å². The second kappa shape index (κ2) is 5.82. The molecule has 3 N–H and O–H groups in total. The van der Waals surface area contributed by atoms with Crippen molar-refractivity contribution in [2.24, 2.45) is 5.84 Å². The van der Waals surface area contributed by atoms with Crippen molar-refractivity contribution in [1.29, 1.82) is 0 Å². The molecule has 0 amide bonds. The largest absolute Gasteiger partial charge is 0.308 e. The number of fused-ring (bicyclic) bond motifs is 1. The molecule has 1 atom stereocenters. The van der Waals surface area contributed by atoms with E-state index in [1.54, 1.807) is 0 Å². The van der Waals surface area contributed by atoms with Gasteiger partial charge < -0.3 is 5.43 Å². The van der Waals surface area contributed by atoms with Crippen LogP contribution in [0.3, 0.4) is 0 Å². The number of rotatable bonds is 3. The molecule has 110 valence electrons. The third-order valence-corrected chi connectivity index (χ3v) is 4.18. The number of hydrogen-bond acceptors (Lipinski definition) is 4. The highest BCUT2D eigenvalue weighted by atomic mass is 15.3. The number of anilines is 1. The molecule has 0 radical (unpaired) electrons. The molecule has 0 saturated carbocycles. The Balaban J connectivity index is 2.07. The Morgan fingerprint density at radius 3 is 2.81 bits per heavy atom. The number of hydrazine groups is 1. The number of hydrogen-bond donors (Lipinski definition) is 2. The van der Waals surface area contributed by atoms with Crippen LogP contribution >= 0.6 is 0 Å². The van der Waals surface area contributed by atoms with Gasteiger partial charge in [0.1, 0.15) is 11.6 Å². The summed E-state index contributed by atoms with van der Waals surface area (Å²) in [5.74, 6) is 7.80. The van der Waals surface area contributed by atoms with Crippen molar-refractivity contribution in [3.63, 3.8) is 0 Å². The van der Waals surface area contributed by atoms with E-state index in [1.807, 2.05) is 6.07 Å². The number of aryl methyl sites for hydroxylation is 1. The molecule has 0 aliphatic heterocycles. The van der Waals surface area contributed by atoms with E-state index in [4.69, 9.17) is 10.8 Å². The van der Waals surface area contributed by atoms with Crippen molar-refractivity contribution >= 4 is 5.82 Å². The highest BCUT2D eigenvalue weighted by Gasteiger charge is 2.24. The van der Waals surface area contributed by atoms with E-state index in [0.29, 0.717) is 11.7 Å². The standard InChI is InChI=1S/C17H22N4/c1-11(2)15-10-16(21-18)20-17(19-15)14-9-5-7-12-6-3-4-8-13(12)14/h3-4,6,8,10-11,14H,5,7,9,18H2,1-2H3,(H,19,20,21). The van der Waals surface area contributed by atoms with Crippen LogP contribution in [0.2, 0.25) is 0 Å². The Kier molecular flexibility index (Phi) is 3.88. The lowest BCUT2D eigenvalue weighted by molar-refractivity contribution is 0.585. The van der Waals surface area contributed by atoms with Gasteiger partial charge >= 0.3 is 0 Å². The first kappa shape index (κ1) is 14.0. The molecule has 0 saturated heterocycles. The zero-order chi connectivity index (χ0) is 14.8. The van der Waals surface area contributed by atoms with Crippen LogP contribution in [0.4, 0.5) is 5.82 Å². The van der Waals surface area contributed by atoms with E-state index in [9.17, 15) is 0 Å². The molecule has 1 aromatic carbocycles. The van der Waals surface area contributed by atoms with Crippen LogP contribution in [0, 0.1) is 0 Å². The highest BCUT2D eigenvalue weighted by Crippen LogP contribution is 2.35. The van der Waals surface area contributed by atoms with Crippen LogP contribution in [-0.2, 0) is 6.42 Å². The molecule has 0 fully saturated rings. The first-order valence-electron chi connectivity index (χ1n) is 7.62. The predicted molar refractivity (Wildman–Crippen MR) is 85.2 cm³/mol. The fourth-order valence-corrected chi connectivity index (χ4v) is 3.03. The minimum Gasteiger partial charge on any atom is -0.308 e. The second-order valence-electron chi connectivity index (χ2n) is 5.98. The lowest BCUT2D eigenvalue weighted by Gasteiger charge is -2.25. The summed E-state index contributed by atoms with van der Waals surface area (Å²) in [6, 6.07) is 10.6. The van der Waals surface area contributed by atoms with Gasteiger partial charge in [0.25, 0.3) is 0 Å². The molecule has 2 aromatic rings. The van der Waals surface area contributed by atoms with E-state index < -0.39 is 0 Å². The van der Waals surface area contributed by atoms with Gasteiger partial charge in [-0.15, -0.1) is 0 Å². The zero-order valence-electron chi connectivity index (χ0n) is 12.6. The van der Waals surface area contributed by atoms with Crippen molar-refractivity contribution < 1.29 is 0 Å². The van der Waals surface area contributed by atoms with Crippen molar-refractivity contribution in [2.45, 2.75) is 44.9 Å². The molecule has 1 unspecified atom stereocenters. The summed E-state index contributed by atoms with van der Waals surface area (Å²) in [5, 5.41) is 0. The first-order chi connectivity index (χ1) is 10.2. The summed E-state index contributed by atoms with van der Waals surface area (Å²) < 4.78 is 0. The van der Waals surface area contributed by atoms with E-state index in [0.717, 1.165) is 24.4 Å². The fourth-order valence-electron chi connectivity index (χ4n) is 3.03. The summed E-state index contributed by atoms with van der Waals surface area (Å²) >= 11 is 0.